The van der Waals surface area contributed by atoms with Gasteiger partial charge < -0.3 is 4.90 Å². The largest absolute Gasteiger partial charge is 0.331 e. The van der Waals surface area contributed by atoms with Crippen LogP contribution in [0.5, 0.6) is 0 Å². The number of anilines is 3. The lowest BCUT2D eigenvalue weighted by Gasteiger charge is -2.24. The zero-order chi connectivity index (χ0) is 17.3. The van der Waals surface area contributed by atoms with Crippen LogP contribution in [-0.4, -0.2) is 32.1 Å². The van der Waals surface area contributed by atoms with E-state index < -0.39 is 5.92 Å². The number of nitrogens with one attached hydrogen (secondary N) is 1. The van der Waals surface area contributed by atoms with Crippen LogP contribution in [-0.2, 0) is 4.79 Å². The number of carbonyl (C=O) groups is 1. The molecule has 1 N–H and O–H groups in total. The monoisotopic (exact) mass is 384 g/mol. The van der Waals surface area contributed by atoms with E-state index in [-0.39, 0.29) is 11.7 Å². The lowest BCUT2D eigenvalue weighted by molar-refractivity contribution is -0.118. The Hall–Kier alpha value is -2.47. The van der Waals surface area contributed by atoms with Gasteiger partial charge >= 0.3 is 0 Å². The molecular weight excluding hydrogens is 368 g/mol. The van der Waals surface area contributed by atoms with Gasteiger partial charge in [-0.15, -0.1) is 0 Å². The quantitative estimate of drug-likeness (QED) is 0.799. The summed E-state index contributed by atoms with van der Waals surface area (Å²) in [5, 5.41) is 8.44. The third kappa shape index (κ3) is 2.73. The number of aliphatic imine (C=N–C) groups is 1. The molecular formula is C18H17BrN4O. The lowest BCUT2D eigenvalue weighted by Crippen LogP contribution is -2.39. The Morgan fingerprint density at radius 2 is 1.88 bits per heavy atom. The van der Waals surface area contributed by atoms with E-state index in [1.807, 2.05) is 48.5 Å². The highest BCUT2D eigenvalue weighted by Crippen LogP contribution is 2.40. The van der Waals surface area contributed by atoms with Crippen molar-refractivity contribution in [3.63, 3.8) is 0 Å². The average Bonchev–Trinajstić information content (AvgIpc) is 2.66. The number of benzene rings is 2. The van der Waals surface area contributed by atoms with Crippen molar-refractivity contribution < 1.29 is 4.79 Å². The number of halogens is 1. The Morgan fingerprint density at radius 3 is 2.54 bits per heavy atom. The Morgan fingerprint density at radius 1 is 1.17 bits per heavy atom. The van der Waals surface area contributed by atoms with Gasteiger partial charge in [0.2, 0.25) is 5.91 Å². The van der Waals surface area contributed by atoms with Gasteiger partial charge in [-0.3, -0.25) is 20.1 Å². The van der Waals surface area contributed by atoms with Crippen LogP contribution in [0.25, 0.3) is 0 Å². The lowest BCUT2D eigenvalue weighted by atomic mass is 10.1. The molecule has 0 spiro atoms. The highest BCUT2D eigenvalue weighted by Gasteiger charge is 2.36. The van der Waals surface area contributed by atoms with Crippen molar-refractivity contribution in [2.75, 3.05) is 23.9 Å². The molecule has 1 aliphatic heterocycles. The van der Waals surface area contributed by atoms with Gasteiger partial charge in [0.1, 0.15) is 11.8 Å². The second-order valence-corrected chi connectivity index (χ2v) is 6.39. The normalized spacial score (nSPS) is 18.0. The minimum atomic E-state index is -0.730. The van der Waals surface area contributed by atoms with E-state index in [1.54, 1.807) is 23.9 Å². The van der Waals surface area contributed by atoms with Crippen LogP contribution in [0.3, 0.4) is 0 Å². The van der Waals surface area contributed by atoms with E-state index in [1.165, 1.54) is 6.21 Å². The van der Waals surface area contributed by atoms with E-state index in [0.29, 0.717) is 0 Å². The van der Waals surface area contributed by atoms with Crippen LogP contribution in [0.15, 0.2) is 58.0 Å². The summed E-state index contributed by atoms with van der Waals surface area (Å²) in [6, 6.07) is 15.2. The van der Waals surface area contributed by atoms with Crippen LogP contribution >= 0.6 is 15.9 Å². The van der Waals surface area contributed by atoms with Gasteiger partial charge in [0.25, 0.3) is 0 Å². The van der Waals surface area contributed by atoms with Crippen LogP contribution in [0.4, 0.5) is 17.1 Å². The molecule has 0 radical (unpaired) electrons. The zero-order valence-corrected chi connectivity index (χ0v) is 15.0. The van der Waals surface area contributed by atoms with Crippen molar-refractivity contribution in [1.82, 2.24) is 0 Å². The standard InChI is InChI=1S/C18H17BrN4O/c1-21-11-14-17(20)22(2)15-9-8-12(19)10-16(15)23(18(14)24)13-6-4-3-5-7-13/h3-11,14,20H,1-2H3. The third-order valence-electron chi connectivity index (χ3n) is 3.99. The molecule has 1 heterocycles. The maximum atomic E-state index is 13.2. The summed E-state index contributed by atoms with van der Waals surface area (Å²) >= 11 is 3.48. The molecule has 0 aliphatic carbocycles. The fraction of sp³-hybridized carbons (Fsp3) is 0.167. The smallest absolute Gasteiger partial charge is 0.247 e. The second kappa shape index (κ2) is 6.57. The molecule has 5 nitrogen and oxygen atoms in total. The molecule has 1 unspecified atom stereocenters. The number of rotatable bonds is 2. The van der Waals surface area contributed by atoms with Crippen LogP contribution in [0.1, 0.15) is 0 Å². The number of hydrogen-bond acceptors (Lipinski definition) is 3. The summed E-state index contributed by atoms with van der Waals surface area (Å²) in [4.78, 5) is 20.6. The molecule has 1 atom stereocenters. The molecule has 0 saturated carbocycles. The molecule has 0 aromatic heterocycles. The molecule has 0 fully saturated rings. The third-order valence-corrected chi connectivity index (χ3v) is 4.49. The molecule has 0 bridgehead atoms. The zero-order valence-electron chi connectivity index (χ0n) is 13.4. The predicted molar refractivity (Wildman–Crippen MR) is 102 cm³/mol. The summed E-state index contributed by atoms with van der Waals surface area (Å²) in [5.41, 5.74) is 2.30. The highest BCUT2D eigenvalue weighted by atomic mass is 79.9. The fourth-order valence-electron chi connectivity index (χ4n) is 2.80. The van der Waals surface area contributed by atoms with Crippen molar-refractivity contribution in [3.05, 3.63) is 53.0 Å². The molecule has 122 valence electrons. The number of amidine groups is 1. The first-order valence-corrected chi connectivity index (χ1v) is 8.27. The SMILES string of the molecule is CN=CC1C(=N)N(C)c2ccc(Br)cc2N(c2ccccc2)C1=O. The summed E-state index contributed by atoms with van der Waals surface area (Å²) in [6.45, 7) is 0. The fourth-order valence-corrected chi connectivity index (χ4v) is 3.15. The second-order valence-electron chi connectivity index (χ2n) is 5.47. The van der Waals surface area contributed by atoms with Gasteiger partial charge in [-0.25, -0.2) is 0 Å². The van der Waals surface area contributed by atoms with Crippen LogP contribution in [0.2, 0.25) is 0 Å². The first kappa shape index (κ1) is 16.4. The molecule has 1 amide bonds. The van der Waals surface area contributed by atoms with Crippen molar-refractivity contribution in [2.45, 2.75) is 0 Å². The van der Waals surface area contributed by atoms with Crippen LogP contribution < -0.4 is 9.80 Å². The number of hydrogen-bond donors (Lipinski definition) is 1. The van der Waals surface area contributed by atoms with Gasteiger partial charge in [-0.1, -0.05) is 34.1 Å². The van der Waals surface area contributed by atoms with Crippen molar-refractivity contribution in [3.8, 4) is 0 Å². The summed E-state index contributed by atoms with van der Waals surface area (Å²) < 4.78 is 0.873. The first-order valence-electron chi connectivity index (χ1n) is 7.47. The first-order chi connectivity index (χ1) is 11.5. The molecule has 24 heavy (non-hydrogen) atoms. The predicted octanol–water partition coefficient (Wildman–Crippen LogP) is 3.86. The summed E-state index contributed by atoms with van der Waals surface area (Å²) in [7, 11) is 3.41. The number of para-hydroxylation sites is 1. The Bertz CT molecular complexity index is 819. The van der Waals surface area contributed by atoms with Gasteiger partial charge in [-0.05, 0) is 30.3 Å². The van der Waals surface area contributed by atoms with E-state index >= 15 is 0 Å². The molecule has 3 rings (SSSR count). The van der Waals surface area contributed by atoms with Gasteiger partial charge in [-0.2, -0.15) is 0 Å². The van der Waals surface area contributed by atoms with E-state index in [9.17, 15) is 4.79 Å². The molecule has 2 aromatic carbocycles. The van der Waals surface area contributed by atoms with Crippen LogP contribution in [0, 0.1) is 11.3 Å². The highest BCUT2D eigenvalue weighted by molar-refractivity contribution is 9.10. The van der Waals surface area contributed by atoms with Crippen molar-refractivity contribution >= 4 is 50.9 Å². The Balaban J connectivity index is 2.27. The number of carbonyl (C=O) groups excluding carboxylic acids is 1. The summed E-state index contributed by atoms with van der Waals surface area (Å²) in [5.74, 6) is -0.723. The Labute approximate surface area is 149 Å². The topological polar surface area (TPSA) is 59.8 Å². The average molecular weight is 385 g/mol. The van der Waals surface area contributed by atoms with Gasteiger partial charge in [0.05, 0.1) is 11.4 Å². The number of fused-ring (bicyclic) bond motifs is 1. The maximum absolute atomic E-state index is 13.2. The van der Waals surface area contributed by atoms with E-state index in [4.69, 9.17) is 5.41 Å². The Kier molecular flexibility index (Phi) is 4.49. The molecule has 1 aliphatic rings. The number of amides is 1. The summed E-state index contributed by atoms with van der Waals surface area (Å²) in [6.07, 6.45) is 1.53. The van der Waals surface area contributed by atoms with Gasteiger partial charge in [0, 0.05) is 30.5 Å². The molecule has 2 aromatic rings. The number of nitrogens with zero attached hydrogens (tertiary/aromatic N) is 3. The van der Waals surface area contributed by atoms with Crippen molar-refractivity contribution in [1.29, 1.82) is 5.41 Å². The minimum Gasteiger partial charge on any atom is -0.331 e. The van der Waals surface area contributed by atoms with E-state index in [0.717, 1.165) is 21.5 Å². The van der Waals surface area contributed by atoms with E-state index in [2.05, 4.69) is 20.9 Å². The van der Waals surface area contributed by atoms with Crippen molar-refractivity contribution in [2.24, 2.45) is 10.9 Å². The molecule has 0 saturated heterocycles. The van der Waals surface area contributed by atoms with Gasteiger partial charge in [0.15, 0.2) is 0 Å². The maximum Gasteiger partial charge on any atom is 0.247 e. The molecule has 6 heteroatoms. The minimum absolute atomic E-state index is 0.194.